The van der Waals surface area contributed by atoms with Crippen LogP contribution in [-0.2, 0) is 4.79 Å². The number of nitrogens with zero attached hydrogens (tertiary/aromatic N) is 1. The van der Waals surface area contributed by atoms with Crippen molar-refractivity contribution in [3.63, 3.8) is 0 Å². The van der Waals surface area contributed by atoms with Crippen molar-refractivity contribution in [1.82, 2.24) is 10.2 Å². The van der Waals surface area contributed by atoms with E-state index in [1.54, 1.807) is 6.07 Å². The lowest BCUT2D eigenvalue weighted by Gasteiger charge is -2.18. The fourth-order valence-corrected chi connectivity index (χ4v) is 2.47. The van der Waals surface area contributed by atoms with E-state index in [4.69, 9.17) is 5.73 Å². The van der Waals surface area contributed by atoms with Crippen molar-refractivity contribution < 1.29 is 19.5 Å². The molecule has 3 amide bonds. The molecule has 0 aliphatic carbocycles. The molecule has 0 saturated carbocycles. The highest BCUT2D eigenvalue weighted by molar-refractivity contribution is 6.25. The molecular formula is C12H11N3O4. The summed E-state index contributed by atoms with van der Waals surface area (Å²) in [4.78, 5) is 36.9. The number of benzene rings is 1. The maximum atomic E-state index is 12.2. The van der Waals surface area contributed by atoms with Crippen LogP contribution in [0.15, 0.2) is 18.2 Å². The van der Waals surface area contributed by atoms with Crippen LogP contribution in [0, 0.1) is 0 Å². The van der Waals surface area contributed by atoms with Gasteiger partial charge in [0.1, 0.15) is 12.3 Å². The molecular weight excluding hydrogens is 250 g/mol. The van der Waals surface area contributed by atoms with Crippen molar-refractivity contribution in [2.45, 2.75) is 18.7 Å². The molecule has 3 rings (SSSR count). The molecule has 1 aromatic rings. The highest BCUT2D eigenvalue weighted by Crippen LogP contribution is 2.31. The first-order chi connectivity index (χ1) is 9.00. The van der Waals surface area contributed by atoms with Crippen molar-refractivity contribution in [2.24, 2.45) is 0 Å². The van der Waals surface area contributed by atoms with E-state index >= 15 is 0 Å². The minimum absolute atomic E-state index is 0.00972. The number of amides is 3. The van der Waals surface area contributed by atoms with E-state index in [0.717, 1.165) is 4.90 Å². The van der Waals surface area contributed by atoms with Gasteiger partial charge >= 0.3 is 0 Å². The van der Waals surface area contributed by atoms with Gasteiger partial charge in [-0.2, -0.15) is 0 Å². The molecule has 7 heteroatoms. The van der Waals surface area contributed by atoms with E-state index in [-0.39, 0.29) is 23.2 Å². The third kappa shape index (κ3) is 1.52. The summed E-state index contributed by atoms with van der Waals surface area (Å²) in [5, 5.41) is 11.6. The number of anilines is 1. The summed E-state index contributed by atoms with van der Waals surface area (Å²) >= 11 is 0. The normalized spacial score (nSPS) is 25.7. The molecule has 1 fully saturated rings. The first-order valence-electron chi connectivity index (χ1n) is 5.75. The van der Waals surface area contributed by atoms with Crippen LogP contribution in [0.3, 0.4) is 0 Å². The molecule has 2 aliphatic heterocycles. The fourth-order valence-electron chi connectivity index (χ4n) is 2.47. The zero-order valence-corrected chi connectivity index (χ0v) is 9.79. The first-order valence-corrected chi connectivity index (χ1v) is 5.75. The Balaban J connectivity index is 2.04. The lowest BCUT2D eigenvalue weighted by Crippen LogP contribution is -2.44. The summed E-state index contributed by atoms with van der Waals surface area (Å²) in [6.07, 6.45) is -1.05. The van der Waals surface area contributed by atoms with Crippen LogP contribution in [0.25, 0.3) is 0 Å². The van der Waals surface area contributed by atoms with E-state index in [1.807, 2.05) is 0 Å². The van der Waals surface area contributed by atoms with Gasteiger partial charge in [0.05, 0.1) is 11.1 Å². The molecule has 98 valence electrons. The average molecular weight is 261 g/mol. The van der Waals surface area contributed by atoms with Gasteiger partial charge in [0, 0.05) is 12.1 Å². The van der Waals surface area contributed by atoms with E-state index < -0.39 is 30.0 Å². The number of hydrogen-bond acceptors (Lipinski definition) is 5. The fraction of sp³-hybridized carbons (Fsp3) is 0.250. The van der Waals surface area contributed by atoms with Crippen LogP contribution in [0.1, 0.15) is 27.1 Å². The second-order valence-corrected chi connectivity index (χ2v) is 4.53. The van der Waals surface area contributed by atoms with E-state index in [2.05, 4.69) is 5.32 Å². The zero-order chi connectivity index (χ0) is 13.7. The molecule has 0 aromatic heterocycles. The highest BCUT2D eigenvalue weighted by atomic mass is 16.3. The van der Waals surface area contributed by atoms with Gasteiger partial charge in [-0.15, -0.1) is 0 Å². The standard InChI is InChI=1S/C12H11N3O4/c13-6-3-1-2-5-9(6)12(19)15(11(5)18)7-4-8(16)14-10(7)17/h1-3,7-8,16H,4,13H2,(H,14,17). The van der Waals surface area contributed by atoms with Crippen molar-refractivity contribution in [2.75, 3.05) is 5.73 Å². The summed E-state index contributed by atoms with van der Waals surface area (Å²) < 4.78 is 0. The van der Waals surface area contributed by atoms with Gasteiger partial charge in [0.15, 0.2) is 0 Å². The van der Waals surface area contributed by atoms with Crippen LogP contribution in [0.4, 0.5) is 5.69 Å². The van der Waals surface area contributed by atoms with Gasteiger partial charge in [0.25, 0.3) is 11.8 Å². The third-order valence-electron chi connectivity index (χ3n) is 3.35. The minimum Gasteiger partial charge on any atom is -0.398 e. The van der Waals surface area contributed by atoms with Crippen molar-refractivity contribution in [3.8, 4) is 0 Å². The maximum Gasteiger partial charge on any atom is 0.264 e. The average Bonchev–Trinajstić information content (AvgIpc) is 2.79. The van der Waals surface area contributed by atoms with Gasteiger partial charge in [0.2, 0.25) is 5.91 Å². The molecule has 0 radical (unpaired) electrons. The summed E-state index contributed by atoms with van der Waals surface area (Å²) in [6.45, 7) is 0. The van der Waals surface area contributed by atoms with Gasteiger partial charge in [-0.05, 0) is 12.1 Å². The molecule has 1 aromatic carbocycles. The Kier molecular flexibility index (Phi) is 2.33. The Bertz CT molecular complexity index is 613. The lowest BCUT2D eigenvalue weighted by atomic mass is 10.1. The van der Waals surface area contributed by atoms with Gasteiger partial charge in [-0.1, -0.05) is 6.07 Å². The molecule has 2 aliphatic rings. The number of nitrogens with one attached hydrogen (secondary N) is 1. The van der Waals surface area contributed by atoms with Crippen LogP contribution in [0.5, 0.6) is 0 Å². The number of imide groups is 1. The maximum absolute atomic E-state index is 12.2. The largest absolute Gasteiger partial charge is 0.398 e. The molecule has 4 N–H and O–H groups in total. The van der Waals surface area contributed by atoms with Crippen LogP contribution in [-0.4, -0.2) is 40.0 Å². The second-order valence-electron chi connectivity index (χ2n) is 4.53. The number of carbonyl (C=O) groups excluding carboxylic acids is 3. The monoisotopic (exact) mass is 261 g/mol. The van der Waals surface area contributed by atoms with Gasteiger partial charge in [-0.3, -0.25) is 19.3 Å². The summed E-state index contributed by atoms with van der Waals surface area (Å²) in [5.41, 5.74) is 6.22. The van der Waals surface area contributed by atoms with Crippen molar-refractivity contribution in [3.05, 3.63) is 29.3 Å². The molecule has 0 bridgehead atoms. The number of carbonyl (C=O) groups is 3. The van der Waals surface area contributed by atoms with E-state index in [0.29, 0.717) is 0 Å². The topological polar surface area (TPSA) is 113 Å². The zero-order valence-electron chi connectivity index (χ0n) is 9.79. The molecule has 2 unspecified atom stereocenters. The predicted octanol–water partition coefficient (Wildman–Crippen LogP) is -0.928. The third-order valence-corrected chi connectivity index (χ3v) is 3.35. The molecule has 19 heavy (non-hydrogen) atoms. The van der Waals surface area contributed by atoms with E-state index in [1.165, 1.54) is 12.1 Å². The Morgan fingerprint density at radius 1 is 1.26 bits per heavy atom. The number of rotatable bonds is 1. The number of nitrogens with two attached hydrogens (primary N) is 1. The van der Waals surface area contributed by atoms with E-state index in [9.17, 15) is 19.5 Å². The number of nitrogen functional groups attached to an aromatic ring is 1. The van der Waals surface area contributed by atoms with Crippen molar-refractivity contribution >= 4 is 23.4 Å². The molecule has 1 saturated heterocycles. The smallest absolute Gasteiger partial charge is 0.264 e. The Hall–Kier alpha value is -2.41. The number of fused-ring (bicyclic) bond motifs is 1. The highest BCUT2D eigenvalue weighted by Gasteiger charge is 2.47. The number of aliphatic hydroxyl groups excluding tert-OH is 1. The van der Waals surface area contributed by atoms with Gasteiger partial charge < -0.3 is 16.2 Å². The number of aliphatic hydroxyl groups is 1. The Morgan fingerprint density at radius 2 is 2.00 bits per heavy atom. The Labute approximate surface area is 108 Å². The SMILES string of the molecule is Nc1cccc2c1C(=O)N(C1CC(O)NC1=O)C2=O. The summed E-state index contributed by atoms with van der Waals surface area (Å²) in [5.74, 6) is -1.69. The summed E-state index contributed by atoms with van der Waals surface area (Å²) in [7, 11) is 0. The van der Waals surface area contributed by atoms with Gasteiger partial charge in [-0.25, -0.2) is 0 Å². The quantitative estimate of drug-likeness (QED) is 0.446. The number of hydrogen-bond donors (Lipinski definition) is 3. The summed E-state index contributed by atoms with van der Waals surface area (Å²) in [6, 6.07) is 3.61. The lowest BCUT2D eigenvalue weighted by molar-refractivity contribution is -0.123. The van der Waals surface area contributed by atoms with Crippen LogP contribution >= 0.6 is 0 Å². The Morgan fingerprint density at radius 3 is 2.58 bits per heavy atom. The molecule has 0 spiro atoms. The molecule has 2 heterocycles. The second kappa shape index (κ2) is 3.79. The predicted molar refractivity (Wildman–Crippen MR) is 63.9 cm³/mol. The molecule has 7 nitrogen and oxygen atoms in total. The van der Waals surface area contributed by atoms with Crippen LogP contribution < -0.4 is 11.1 Å². The minimum atomic E-state index is -1.04. The molecule has 2 atom stereocenters. The first kappa shape index (κ1) is 11.7. The van der Waals surface area contributed by atoms with Crippen LogP contribution in [0.2, 0.25) is 0 Å². The van der Waals surface area contributed by atoms with Crippen molar-refractivity contribution in [1.29, 1.82) is 0 Å².